The molecule has 0 aliphatic heterocycles. The first-order valence-electron chi connectivity index (χ1n) is 7.41. The average Bonchev–Trinajstić information content (AvgIpc) is 2.29. The number of rotatable bonds is 5. The van der Waals surface area contributed by atoms with Gasteiger partial charge in [0, 0.05) is 12.0 Å². The minimum atomic E-state index is -0.240. The zero-order valence-corrected chi connectivity index (χ0v) is 13.6. The summed E-state index contributed by atoms with van der Waals surface area (Å²) in [5.41, 5.74) is 0.961. The molecule has 0 unspecified atom stereocenters. The van der Waals surface area contributed by atoms with Gasteiger partial charge in [0.15, 0.2) is 0 Å². The molecule has 1 N–H and O–H groups in total. The zero-order chi connectivity index (χ0) is 15.0. The van der Waals surface area contributed by atoms with E-state index in [4.69, 9.17) is 11.6 Å². The van der Waals surface area contributed by atoms with Gasteiger partial charge in [0.05, 0.1) is 5.02 Å². The summed E-state index contributed by atoms with van der Waals surface area (Å²) in [5.74, 6) is 0.361. The number of hydrogen-bond acceptors (Lipinski definition) is 1. The molecule has 1 saturated carbocycles. The predicted octanol–water partition coefficient (Wildman–Crippen LogP) is 4.78. The fraction of sp³-hybridized carbons (Fsp3) is 0.647. The van der Waals surface area contributed by atoms with Crippen molar-refractivity contribution in [2.75, 3.05) is 13.1 Å². The molecule has 1 nitrogen and oxygen atoms in total. The van der Waals surface area contributed by atoms with Crippen LogP contribution in [-0.2, 0) is 5.41 Å². The Balaban J connectivity index is 2.22. The van der Waals surface area contributed by atoms with Crippen LogP contribution in [0.4, 0.5) is 4.39 Å². The highest BCUT2D eigenvalue weighted by molar-refractivity contribution is 6.30. The Morgan fingerprint density at radius 2 is 1.95 bits per heavy atom. The molecule has 2 rings (SSSR count). The third kappa shape index (κ3) is 3.17. The Morgan fingerprint density at radius 3 is 2.50 bits per heavy atom. The van der Waals surface area contributed by atoms with Crippen molar-refractivity contribution in [1.82, 2.24) is 5.32 Å². The lowest BCUT2D eigenvalue weighted by Gasteiger charge is -2.54. The van der Waals surface area contributed by atoms with Crippen molar-refractivity contribution in [3.05, 3.63) is 34.6 Å². The minimum absolute atomic E-state index is 0.104. The summed E-state index contributed by atoms with van der Waals surface area (Å²) < 4.78 is 14.4. The molecule has 1 aliphatic rings. The van der Waals surface area contributed by atoms with E-state index in [-0.39, 0.29) is 21.7 Å². The van der Waals surface area contributed by atoms with E-state index in [0.717, 1.165) is 31.5 Å². The van der Waals surface area contributed by atoms with Crippen molar-refractivity contribution < 1.29 is 4.39 Å². The van der Waals surface area contributed by atoms with Crippen LogP contribution in [0.15, 0.2) is 18.2 Å². The van der Waals surface area contributed by atoms with E-state index in [1.165, 1.54) is 0 Å². The van der Waals surface area contributed by atoms with Crippen LogP contribution in [0, 0.1) is 17.2 Å². The normalized spacial score (nSPS) is 19.9. The van der Waals surface area contributed by atoms with Gasteiger partial charge in [-0.3, -0.25) is 0 Å². The van der Waals surface area contributed by atoms with E-state index in [1.807, 2.05) is 12.1 Å². The highest BCUT2D eigenvalue weighted by Gasteiger charge is 2.51. The van der Waals surface area contributed by atoms with Gasteiger partial charge >= 0.3 is 0 Å². The maximum Gasteiger partial charge on any atom is 0.145 e. The molecule has 0 spiro atoms. The molecule has 1 fully saturated rings. The van der Waals surface area contributed by atoms with E-state index >= 15 is 0 Å². The monoisotopic (exact) mass is 297 g/mol. The van der Waals surface area contributed by atoms with Crippen molar-refractivity contribution in [2.24, 2.45) is 11.3 Å². The molecule has 0 amide bonds. The Bertz CT molecular complexity index is 474. The van der Waals surface area contributed by atoms with Gasteiger partial charge in [-0.15, -0.1) is 0 Å². The van der Waals surface area contributed by atoms with Crippen molar-refractivity contribution >= 4 is 11.6 Å². The lowest BCUT2D eigenvalue weighted by Crippen LogP contribution is -2.53. The quantitative estimate of drug-likeness (QED) is 0.824. The van der Waals surface area contributed by atoms with Gasteiger partial charge in [-0.25, -0.2) is 4.39 Å². The molecule has 1 aromatic carbocycles. The Kier molecular flexibility index (Phi) is 4.46. The van der Waals surface area contributed by atoms with Crippen LogP contribution in [0.25, 0.3) is 0 Å². The van der Waals surface area contributed by atoms with Crippen molar-refractivity contribution in [2.45, 2.75) is 46.0 Å². The first-order valence-corrected chi connectivity index (χ1v) is 7.79. The summed E-state index contributed by atoms with van der Waals surface area (Å²) in [6, 6.07) is 5.38. The van der Waals surface area contributed by atoms with Gasteiger partial charge in [0.1, 0.15) is 5.82 Å². The van der Waals surface area contributed by atoms with Gasteiger partial charge in [-0.05, 0) is 42.3 Å². The van der Waals surface area contributed by atoms with Gasteiger partial charge in [0.2, 0.25) is 0 Å². The lowest BCUT2D eigenvalue weighted by molar-refractivity contribution is 0.0531. The predicted molar refractivity (Wildman–Crippen MR) is 83.8 cm³/mol. The molecule has 0 radical (unpaired) electrons. The number of nitrogens with one attached hydrogen (secondary N) is 1. The maximum atomic E-state index is 14.4. The van der Waals surface area contributed by atoms with Crippen LogP contribution < -0.4 is 5.32 Å². The minimum Gasteiger partial charge on any atom is -0.316 e. The van der Waals surface area contributed by atoms with Crippen molar-refractivity contribution in [3.63, 3.8) is 0 Å². The standard InChI is InChI=1S/C17H25ClFN/c1-12(2)8-20-11-17(9-16(3,4)10-17)13-6-5-7-14(18)15(13)19/h5-7,12,20H,8-11H2,1-4H3. The van der Waals surface area contributed by atoms with Crippen LogP contribution in [-0.4, -0.2) is 13.1 Å². The largest absolute Gasteiger partial charge is 0.316 e. The van der Waals surface area contributed by atoms with E-state index in [0.29, 0.717) is 5.92 Å². The first kappa shape index (κ1) is 15.8. The Hall–Kier alpha value is -0.600. The second-order valence-corrected chi connectivity index (χ2v) is 7.83. The fourth-order valence-corrected chi connectivity index (χ4v) is 3.88. The summed E-state index contributed by atoms with van der Waals surface area (Å²) in [5, 5.41) is 3.73. The van der Waals surface area contributed by atoms with Gasteiger partial charge < -0.3 is 5.32 Å². The summed E-state index contributed by atoms with van der Waals surface area (Å²) in [7, 11) is 0. The van der Waals surface area contributed by atoms with Gasteiger partial charge in [-0.2, -0.15) is 0 Å². The van der Waals surface area contributed by atoms with Crippen LogP contribution in [0.1, 0.15) is 46.1 Å². The topological polar surface area (TPSA) is 12.0 Å². The molecule has 0 heterocycles. The summed E-state index contributed by atoms with van der Waals surface area (Å²) in [6.07, 6.45) is 2.00. The molecule has 0 bridgehead atoms. The second-order valence-electron chi connectivity index (χ2n) is 7.42. The van der Waals surface area contributed by atoms with Crippen LogP contribution in [0.3, 0.4) is 0 Å². The molecular weight excluding hydrogens is 273 g/mol. The molecule has 112 valence electrons. The summed E-state index contributed by atoms with van der Waals surface area (Å²) in [6.45, 7) is 10.7. The maximum absolute atomic E-state index is 14.4. The second kappa shape index (κ2) is 5.65. The first-order chi connectivity index (χ1) is 9.26. The number of benzene rings is 1. The van der Waals surface area contributed by atoms with Crippen LogP contribution in [0.5, 0.6) is 0 Å². The molecule has 1 aromatic rings. The molecule has 20 heavy (non-hydrogen) atoms. The average molecular weight is 298 g/mol. The molecular formula is C17H25ClFN. The van der Waals surface area contributed by atoms with E-state index in [1.54, 1.807) is 6.07 Å². The summed E-state index contributed by atoms with van der Waals surface area (Å²) >= 11 is 5.96. The molecule has 0 atom stereocenters. The van der Waals surface area contributed by atoms with Gasteiger partial charge in [-0.1, -0.05) is 51.4 Å². The third-order valence-electron chi connectivity index (χ3n) is 4.17. The molecule has 1 aliphatic carbocycles. The smallest absolute Gasteiger partial charge is 0.145 e. The third-order valence-corrected chi connectivity index (χ3v) is 4.46. The number of halogens is 2. The van der Waals surface area contributed by atoms with Crippen molar-refractivity contribution in [3.8, 4) is 0 Å². The lowest BCUT2D eigenvalue weighted by atomic mass is 9.51. The highest BCUT2D eigenvalue weighted by Crippen LogP contribution is 2.55. The van der Waals surface area contributed by atoms with E-state index in [2.05, 4.69) is 33.0 Å². The van der Waals surface area contributed by atoms with E-state index < -0.39 is 0 Å². The van der Waals surface area contributed by atoms with Gasteiger partial charge in [0.25, 0.3) is 0 Å². The summed E-state index contributed by atoms with van der Waals surface area (Å²) in [4.78, 5) is 0. The Labute approximate surface area is 126 Å². The van der Waals surface area contributed by atoms with Crippen LogP contribution in [0.2, 0.25) is 5.02 Å². The van der Waals surface area contributed by atoms with E-state index in [9.17, 15) is 4.39 Å². The highest BCUT2D eigenvalue weighted by atomic mass is 35.5. The zero-order valence-electron chi connectivity index (χ0n) is 12.9. The molecule has 0 saturated heterocycles. The molecule has 3 heteroatoms. The fourth-order valence-electron chi connectivity index (χ4n) is 3.70. The molecule has 0 aromatic heterocycles. The number of hydrogen-bond donors (Lipinski definition) is 1. The van der Waals surface area contributed by atoms with Crippen LogP contribution >= 0.6 is 11.6 Å². The SMILES string of the molecule is CC(C)CNCC1(c2cccc(Cl)c2F)CC(C)(C)C1. The Morgan fingerprint density at radius 1 is 1.30 bits per heavy atom. The van der Waals surface area contributed by atoms with Crippen molar-refractivity contribution in [1.29, 1.82) is 0 Å².